The van der Waals surface area contributed by atoms with E-state index >= 15 is 0 Å². The zero-order valence-corrected chi connectivity index (χ0v) is 11.8. The maximum atomic E-state index is 12.2. The predicted octanol–water partition coefficient (Wildman–Crippen LogP) is 2.79. The lowest BCUT2D eigenvalue weighted by Gasteiger charge is -2.34. The molecule has 0 amide bonds. The average Bonchev–Trinajstić information content (AvgIpc) is 2.36. The molecule has 1 saturated carbocycles. The average molecular weight is 267 g/mol. The van der Waals surface area contributed by atoms with Crippen molar-refractivity contribution in [2.75, 3.05) is 0 Å². The number of nitrogens with one attached hydrogen (secondary N) is 1. The highest BCUT2D eigenvalue weighted by atomic mass is 32.2. The van der Waals surface area contributed by atoms with Gasteiger partial charge >= 0.3 is 0 Å². The van der Waals surface area contributed by atoms with Crippen molar-refractivity contribution in [3.8, 4) is 0 Å². The summed E-state index contributed by atoms with van der Waals surface area (Å²) in [6.45, 7) is 4.34. The van der Waals surface area contributed by atoms with Gasteiger partial charge in [0.1, 0.15) is 0 Å². The van der Waals surface area contributed by atoms with Crippen molar-refractivity contribution >= 4 is 10.0 Å². The van der Waals surface area contributed by atoms with Crippen LogP contribution in [0.15, 0.2) is 35.2 Å². The van der Waals surface area contributed by atoms with Crippen LogP contribution in [0.4, 0.5) is 0 Å². The van der Waals surface area contributed by atoms with Gasteiger partial charge in [-0.1, -0.05) is 44.9 Å². The van der Waals surface area contributed by atoms with E-state index in [4.69, 9.17) is 0 Å². The molecule has 100 valence electrons. The van der Waals surface area contributed by atoms with Gasteiger partial charge in [-0.2, -0.15) is 0 Å². The number of benzene rings is 1. The highest BCUT2D eigenvalue weighted by Crippen LogP contribution is 2.30. The Morgan fingerprint density at radius 3 is 2.44 bits per heavy atom. The minimum atomic E-state index is -3.37. The van der Waals surface area contributed by atoms with E-state index in [2.05, 4.69) is 18.6 Å². The van der Waals surface area contributed by atoms with Crippen molar-refractivity contribution in [2.45, 2.75) is 44.0 Å². The highest BCUT2D eigenvalue weighted by Gasteiger charge is 2.30. The van der Waals surface area contributed by atoms with Gasteiger partial charge in [-0.25, -0.2) is 13.1 Å². The summed E-state index contributed by atoms with van der Waals surface area (Å²) in [5.74, 6) is 0.986. The molecule has 1 aliphatic carbocycles. The molecule has 1 aromatic rings. The van der Waals surface area contributed by atoms with E-state index in [0.717, 1.165) is 12.8 Å². The lowest BCUT2D eigenvalue weighted by molar-refractivity contribution is 0.227. The molecule has 0 unspecified atom stereocenters. The van der Waals surface area contributed by atoms with E-state index in [-0.39, 0.29) is 6.04 Å². The SMILES string of the molecule is C[C@@H]1[C@H](C)CCC[C@@H]1NS(=O)(=O)c1ccccc1. The fourth-order valence-corrected chi connectivity index (χ4v) is 4.00. The van der Waals surface area contributed by atoms with Gasteiger partial charge in [0.15, 0.2) is 0 Å². The van der Waals surface area contributed by atoms with Gasteiger partial charge in [-0.15, -0.1) is 0 Å². The molecule has 2 rings (SSSR count). The summed E-state index contributed by atoms with van der Waals surface area (Å²) in [7, 11) is -3.37. The molecule has 1 N–H and O–H groups in total. The first-order valence-electron chi connectivity index (χ1n) is 6.58. The summed E-state index contributed by atoms with van der Waals surface area (Å²) in [4.78, 5) is 0.357. The zero-order valence-electron chi connectivity index (χ0n) is 11.0. The summed E-state index contributed by atoms with van der Waals surface area (Å²) in [6, 6.07) is 8.67. The van der Waals surface area contributed by atoms with E-state index in [0.29, 0.717) is 16.7 Å². The topological polar surface area (TPSA) is 46.2 Å². The predicted molar refractivity (Wildman–Crippen MR) is 72.7 cm³/mol. The molecule has 4 heteroatoms. The summed E-state index contributed by atoms with van der Waals surface area (Å²) >= 11 is 0. The van der Waals surface area contributed by atoms with Crippen LogP contribution in [0.2, 0.25) is 0 Å². The molecule has 0 radical (unpaired) electrons. The Morgan fingerprint density at radius 1 is 1.11 bits per heavy atom. The Bertz CT molecular complexity index is 484. The summed E-state index contributed by atoms with van der Waals surface area (Å²) in [6.07, 6.45) is 3.25. The quantitative estimate of drug-likeness (QED) is 0.915. The van der Waals surface area contributed by atoms with Crippen LogP contribution < -0.4 is 4.72 Å². The number of hydrogen-bond acceptors (Lipinski definition) is 2. The van der Waals surface area contributed by atoms with E-state index in [1.807, 2.05) is 6.07 Å². The van der Waals surface area contributed by atoms with Crippen LogP contribution in [-0.4, -0.2) is 14.5 Å². The first kappa shape index (κ1) is 13.6. The smallest absolute Gasteiger partial charge is 0.208 e. The minimum Gasteiger partial charge on any atom is -0.208 e. The summed E-state index contributed by atoms with van der Waals surface area (Å²) < 4.78 is 27.3. The lowest BCUT2D eigenvalue weighted by atomic mass is 9.78. The van der Waals surface area contributed by atoms with Crippen molar-refractivity contribution in [2.24, 2.45) is 11.8 Å². The fraction of sp³-hybridized carbons (Fsp3) is 0.571. The maximum Gasteiger partial charge on any atom is 0.240 e. The largest absolute Gasteiger partial charge is 0.240 e. The third-order valence-electron chi connectivity index (χ3n) is 4.07. The molecule has 1 fully saturated rings. The number of rotatable bonds is 3. The molecule has 1 aliphatic rings. The Kier molecular flexibility index (Phi) is 4.07. The van der Waals surface area contributed by atoms with E-state index in [9.17, 15) is 8.42 Å². The molecular formula is C14H21NO2S. The van der Waals surface area contributed by atoms with Gasteiger partial charge in [0, 0.05) is 6.04 Å². The van der Waals surface area contributed by atoms with Gasteiger partial charge in [0.2, 0.25) is 10.0 Å². The van der Waals surface area contributed by atoms with E-state index in [1.54, 1.807) is 24.3 Å². The molecule has 0 bridgehead atoms. The molecule has 0 aromatic heterocycles. The van der Waals surface area contributed by atoms with Gasteiger partial charge < -0.3 is 0 Å². The third-order valence-corrected chi connectivity index (χ3v) is 5.57. The van der Waals surface area contributed by atoms with E-state index < -0.39 is 10.0 Å². The number of sulfonamides is 1. The summed E-state index contributed by atoms with van der Waals surface area (Å²) in [5.41, 5.74) is 0. The normalized spacial score (nSPS) is 29.1. The van der Waals surface area contributed by atoms with Crippen LogP contribution in [0.5, 0.6) is 0 Å². The van der Waals surface area contributed by atoms with Crippen LogP contribution in [0.3, 0.4) is 0 Å². The molecular weight excluding hydrogens is 246 g/mol. The van der Waals surface area contributed by atoms with Crippen molar-refractivity contribution < 1.29 is 8.42 Å². The maximum absolute atomic E-state index is 12.2. The molecule has 3 nitrogen and oxygen atoms in total. The van der Waals surface area contributed by atoms with Crippen LogP contribution in [0.25, 0.3) is 0 Å². The standard InChI is InChI=1S/C14H21NO2S/c1-11-7-6-10-14(12(11)2)15-18(16,17)13-8-4-3-5-9-13/h3-5,8-9,11-12,14-15H,6-7,10H2,1-2H3/t11-,12-,14+/m1/s1. The van der Waals surface area contributed by atoms with Crippen molar-refractivity contribution in [3.63, 3.8) is 0 Å². The first-order chi connectivity index (χ1) is 8.50. The van der Waals surface area contributed by atoms with Crippen molar-refractivity contribution in [3.05, 3.63) is 30.3 Å². The van der Waals surface area contributed by atoms with Crippen molar-refractivity contribution in [1.82, 2.24) is 4.72 Å². The second-order valence-electron chi connectivity index (χ2n) is 5.31. The Hall–Kier alpha value is -0.870. The molecule has 1 aromatic carbocycles. The monoisotopic (exact) mass is 267 g/mol. The van der Waals surface area contributed by atoms with Gasteiger partial charge in [0.05, 0.1) is 4.90 Å². The van der Waals surface area contributed by atoms with Gasteiger partial charge in [0.25, 0.3) is 0 Å². The van der Waals surface area contributed by atoms with E-state index in [1.165, 1.54) is 6.42 Å². The second-order valence-corrected chi connectivity index (χ2v) is 7.02. The molecule has 18 heavy (non-hydrogen) atoms. The molecule has 0 saturated heterocycles. The van der Waals surface area contributed by atoms with Crippen LogP contribution >= 0.6 is 0 Å². The molecule has 0 aliphatic heterocycles. The molecule has 0 heterocycles. The first-order valence-corrected chi connectivity index (χ1v) is 8.06. The second kappa shape index (κ2) is 5.41. The lowest BCUT2D eigenvalue weighted by Crippen LogP contribution is -2.43. The van der Waals surface area contributed by atoms with Crippen LogP contribution in [0.1, 0.15) is 33.1 Å². The summed E-state index contributed by atoms with van der Waals surface area (Å²) in [5, 5.41) is 0. The Morgan fingerprint density at radius 2 is 1.78 bits per heavy atom. The molecule has 3 atom stereocenters. The molecule has 0 spiro atoms. The number of hydrogen-bond donors (Lipinski definition) is 1. The zero-order chi connectivity index (χ0) is 13.2. The fourth-order valence-electron chi connectivity index (χ4n) is 2.62. The Labute approximate surface area is 110 Å². The van der Waals surface area contributed by atoms with Gasteiger partial charge in [-0.05, 0) is 30.4 Å². The van der Waals surface area contributed by atoms with Crippen LogP contribution in [0, 0.1) is 11.8 Å². The highest BCUT2D eigenvalue weighted by molar-refractivity contribution is 7.89. The van der Waals surface area contributed by atoms with Crippen LogP contribution in [-0.2, 0) is 10.0 Å². The third kappa shape index (κ3) is 2.93. The Balaban J connectivity index is 2.13. The van der Waals surface area contributed by atoms with Crippen molar-refractivity contribution in [1.29, 1.82) is 0 Å². The van der Waals surface area contributed by atoms with Gasteiger partial charge in [-0.3, -0.25) is 0 Å². The minimum absolute atomic E-state index is 0.0685.